The molecule has 1 heterocycles. The summed E-state index contributed by atoms with van der Waals surface area (Å²) < 4.78 is 6.01. The Bertz CT molecular complexity index is 880. The quantitative estimate of drug-likeness (QED) is 0.426. The molecule has 0 aliphatic carbocycles. The van der Waals surface area contributed by atoms with E-state index in [1.54, 1.807) is 0 Å². The maximum absolute atomic E-state index is 12.4. The molecule has 0 radical (unpaired) electrons. The van der Waals surface area contributed by atoms with Gasteiger partial charge in [-0.05, 0) is 74.9 Å². The van der Waals surface area contributed by atoms with Crippen molar-refractivity contribution in [3.8, 4) is 5.75 Å². The molecule has 6 heteroatoms. The molecular weight excluding hydrogens is 418 g/mol. The Balaban J connectivity index is 1.35. The molecule has 0 atom stereocenters. The van der Waals surface area contributed by atoms with E-state index in [1.807, 2.05) is 39.5 Å². The molecule has 2 aromatic carbocycles. The minimum Gasteiger partial charge on any atom is -0.492 e. The van der Waals surface area contributed by atoms with Crippen LogP contribution in [-0.2, 0) is 4.79 Å². The number of likely N-dealkylation sites (tertiary alicyclic amines) is 1. The number of nitrogens with zero attached hydrogens (tertiary/aromatic N) is 1. The van der Waals surface area contributed by atoms with Crippen LogP contribution in [0.25, 0.3) is 0 Å². The van der Waals surface area contributed by atoms with Gasteiger partial charge in [0.1, 0.15) is 5.75 Å². The van der Waals surface area contributed by atoms with Gasteiger partial charge in [-0.25, -0.2) is 0 Å². The van der Waals surface area contributed by atoms with Gasteiger partial charge in [-0.3, -0.25) is 4.79 Å². The highest BCUT2D eigenvalue weighted by molar-refractivity contribution is 7.99. The Kier molecular flexibility index (Phi) is 8.88. The molecule has 32 heavy (non-hydrogen) atoms. The number of hydrogen-bond acceptors (Lipinski definition) is 5. The van der Waals surface area contributed by atoms with Gasteiger partial charge in [0, 0.05) is 42.0 Å². The van der Waals surface area contributed by atoms with Gasteiger partial charge in [0.05, 0.1) is 13.0 Å². The van der Waals surface area contributed by atoms with Crippen LogP contribution in [0.3, 0.4) is 0 Å². The lowest BCUT2D eigenvalue weighted by atomic mass is 9.97. The van der Waals surface area contributed by atoms with E-state index in [-0.39, 0.29) is 11.9 Å². The van der Waals surface area contributed by atoms with E-state index in [0.717, 1.165) is 71.9 Å². The van der Waals surface area contributed by atoms with Crippen LogP contribution in [0.15, 0.2) is 35.2 Å². The van der Waals surface area contributed by atoms with E-state index in [1.165, 1.54) is 4.90 Å². The van der Waals surface area contributed by atoms with Crippen LogP contribution in [0.2, 0.25) is 0 Å². The first-order chi connectivity index (χ1) is 15.4. The third kappa shape index (κ3) is 6.42. The van der Waals surface area contributed by atoms with Crippen molar-refractivity contribution in [2.75, 3.05) is 37.7 Å². The minimum atomic E-state index is 0.0716. The van der Waals surface area contributed by atoms with Crippen molar-refractivity contribution < 1.29 is 9.53 Å². The van der Waals surface area contributed by atoms with E-state index in [0.29, 0.717) is 13.0 Å². The first-order valence-electron chi connectivity index (χ1n) is 11.5. The fraction of sp³-hybridized carbons (Fsp3) is 0.500. The zero-order chi connectivity index (χ0) is 23.1. The highest BCUT2D eigenvalue weighted by Crippen LogP contribution is 2.34. The van der Waals surface area contributed by atoms with Gasteiger partial charge in [-0.1, -0.05) is 18.2 Å². The fourth-order valence-corrected chi connectivity index (χ4v) is 5.11. The average molecular weight is 456 g/mol. The number of nitrogen functional groups attached to an aromatic ring is 1. The Hall–Kier alpha value is -2.18. The molecule has 2 aromatic rings. The lowest BCUT2D eigenvalue weighted by Gasteiger charge is -2.32. The van der Waals surface area contributed by atoms with Gasteiger partial charge in [0.2, 0.25) is 5.91 Å². The Morgan fingerprint density at radius 2 is 1.69 bits per heavy atom. The molecule has 3 rings (SSSR count). The predicted octanol–water partition coefficient (Wildman–Crippen LogP) is 4.64. The van der Waals surface area contributed by atoms with Crippen LogP contribution < -0.4 is 15.8 Å². The maximum Gasteiger partial charge on any atom is 0.223 e. The van der Waals surface area contributed by atoms with Crippen molar-refractivity contribution in [3.05, 3.63) is 52.6 Å². The molecule has 0 bridgehead atoms. The number of hydrogen-bond donors (Lipinski definition) is 2. The van der Waals surface area contributed by atoms with E-state index >= 15 is 0 Å². The summed E-state index contributed by atoms with van der Waals surface area (Å²) in [6.07, 6.45) is 2.39. The number of ether oxygens (including phenoxy) is 1. The number of benzene rings is 2. The van der Waals surface area contributed by atoms with Crippen molar-refractivity contribution >= 4 is 23.4 Å². The summed E-state index contributed by atoms with van der Waals surface area (Å²) in [7, 11) is 0. The summed E-state index contributed by atoms with van der Waals surface area (Å²) in [6, 6.07) is 10.8. The third-order valence-electron chi connectivity index (χ3n) is 6.56. The molecule has 1 aliphatic heterocycles. The van der Waals surface area contributed by atoms with Crippen LogP contribution >= 0.6 is 11.8 Å². The third-order valence-corrected chi connectivity index (χ3v) is 7.55. The van der Waals surface area contributed by atoms with Gasteiger partial charge in [-0.15, -0.1) is 11.8 Å². The van der Waals surface area contributed by atoms with Crippen molar-refractivity contribution in [1.29, 1.82) is 0 Å². The molecule has 1 amide bonds. The van der Waals surface area contributed by atoms with E-state index in [4.69, 9.17) is 10.5 Å². The van der Waals surface area contributed by atoms with Crippen LogP contribution in [0.5, 0.6) is 5.75 Å². The first kappa shape index (κ1) is 24.5. The summed E-state index contributed by atoms with van der Waals surface area (Å²) >= 11 is 1.90. The molecule has 174 valence electrons. The van der Waals surface area contributed by atoms with Crippen molar-refractivity contribution in [1.82, 2.24) is 10.2 Å². The number of rotatable bonds is 9. The highest BCUT2D eigenvalue weighted by atomic mass is 32.2. The number of carbonyl (C=O) groups is 1. The molecule has 0 saturated carbocycles. The summed E-state index contributed by atoms with van der Waals surface area (Å²) in [5.74, 6) is 2.03. The number of anilines is 1. The lowest BCUT2D eigenvalue weighted by molar-refractivity contribution is -0.122. The number of nitrogens with one attached hydrogen (secondary N) is 1. The van der Waals surface area contributed by atoms with E-state index in [9.17, 15) is 4.79 Å². The number of thioether (sulfide) groups is 1. The second kappa shape index (κ2) is 11.6. The normalized spacial score (nSPS) is 15.0. The zero-order valence-electron chi connectivity index (χ0n) is 19.9. The van der Waals surface area contributed by atoms with Gasteiger partial charge >= 0.3 is 0 Å². The summed E-state index contributed by atoms with van der Waals surface area (Å²) in [5, 5.41) is 3.20. The zero-order valence-corrected chi connectivity index (χ0v) is 20.7. The SMILES string of the molecule is Cc1c(C)c(OCCC(=O)NC2CCN(CCSc3ccccc3)CC2)c(C)c(C)c1N. The van der Waals surface area contributed by atoms with Crippen LogP contribution in [0, 0.1) is 27.7 Å². The monoisotopic (exact) mass is 455 g/mol. The summed E-state index contributed by atoms with van der Waals surface area (Å²) in [5.41, 5.74) is 11.2. The molecule has 0 spiro atoms. The minimum absolute atomic E-state index is 0.0716. The Morgan fingerprint density at radius 1 is 1.06 bits per heavy atom. The van der Waals surface area contributed by atoms with Gasteiger partial charge < -0.3 is 20.7 Å². The summed E-state index contributed by atoms with van der Waals surface area (Å²) in [6.45, 7) is 11.6. The standard InChI is InChI=1S/C26H37N3O2S/c1-18-20(3)26(21(4)19(2)25(18)27)31-16-12-24(30)28-22-10-13-29(14-11-22)15-17-32-23-8-6-5-7-9-23/h5-9,22H,10-17,27H2,1-4H3,(H,28,30). The second-order valence-electron chi connectivity index (χ2n) is 8.69. The number of nitrogens with two attached hydrogens (primary N) is 1. The second-order valence-corrected chi connectivity index (χ2v) is 9.85. The molecule has 0 aromatic heterocycles. The molecule has 5 nitrogen and oxygen atoms in total. The average Bonchev–Trinajstić information content (AvgIpc) is 2.80. The van der Waals surface area contributed by atoms with Gasteiger partial charge in [-0.2, -0.15) is 0 Å². The maximum atomic E-state index is 12.4. The molecule has 1 aliphatic rings. The Labute approximate surface area is 197 Å². The molecule has 1 fully saturated rings. The Morgan fingerprint density at radius 3 is 2.31 bits per heavy atom. The van der Waals surface area contributed by atoms with Crippen molar-refractivity contribution in [3.63, 3.8) is 0 Å². The molecule has 0 unspecified atom stereocenters. The number of carbonyl (C=O) groups excluding carboxylic acids is 1. The smallest absolute Gasteiger partial charge is 0.223 e. The summed E-state index contributed by atoms with van der Waals surface area (Å²) in [4.78, 5) is 16.3. The topological polar surface area (TPSA) is 67.6 Å². The molecular formula is C26H37N3O2S. The van der Waals surface area contributed by atoms with Crippen LogP contribution in [-0.4, -0.2) is 48.8 Å². The number of piperidine rings is 1. The van der Waals surface area contributed by atoms with Crippen LogP contribution in [0.4, 0.5) is 5.69 Å². The van der Waals surface area contributed by atoms with Gasteiger partial charge in [0.25, 0.3) is 0 Å². The van der Waals surface area contributed by atoms with Gasteiger partial charge in [0.15, 0.2) is 0 Å². The van der Waals surface area contributed by atoms with E-state index in [2.05, 4.69) is 40.5 Å². The highest BCUT2D eigenvalue weighted by Gasteiger charge is 2.21. The molecule has 1 saturated heterocycles. The van der Waals surface area contributed by atoms with Crippen molar-refractivity contribution in [2.45, 2.75) is 57.9 Å². The fourth-order valence-electron chi connectivity index (χ4n) is 4.18. The molecule has 3 N–H and O–H groups in total. The van der Waals surface area contributed by atoms with E-state index < -0.39 is 0 Å². The van der Waals surface area contributed by atoms with Crippen LogP contribution in [0.1, 0.15) is 41.5 Å². The van der Waals surface area contributed by atoms with Crippen molar-refractivity contribution in [2.24, 2.45) is 0 Å². The number of amides is 1. The first-order valence-corrected chi connectivity index (χ1v) is 12.5. The predicted molar refractivity (Wildman–Crippen MR) is 135 cm³/mol. The largest absolute Gasteiger partial charge is 0.492 e. The lowest BCUT2D eigenvalue weighted by Crippen LogP contribution is -2.45.